The summed E-state index contributed by atoms with van der Waals surface area (Å²) in [6.07, 6.45) is 4.68. The van der Waals surface area contributed by atoms with E-state index in [0.29, 0.717) is 5.92 Å². The predicted octanol–water partition coefficient (Wildman–Crippen LogP) is 2.05. The Kier molecular flexibility index (Phi) is 5.95. The molecule has 1 atom stereocenters. The Hall–Kier alpha value is -1.88. The Morgan fingerprint density at radius 2 is 1.86 bits per heavy atom. The molecule has 5 heteroatoms. The van der Waals surface area contributed by atoms with Gasteiger partial charge in [0.1, 0.15) is 0 Å². The van der Waals surface area contributed by atoms with Gasteiger partial charge in [0.25, 0.3) is 0 Å². The van der Waals surface area contributed by atoms with Crippen LogP contribution < -0.4 is 5.32 Å². The van der Waals surface area contributed by atoms with Crippen LogP contribution >= 0.6 is 0 Å². The molecule has 1 aromatic carbocycles. The highest BCUT2D eigenvalue weighted by Gasteiger charge is 2.27. The first-order valence-corrected chi connectivity index (χ1v) is 7.81. The number of carbonyl (C=O) groups excluding carboxylic acids is 1. The molecule has 0 aliphatic heterocycles. The standard InChI is InChI=1S/C17H24N2O3/c1-19(12-16(21)22)11-15(20)18-17(14-9-5-6-10-14)13-7-3-2-4-8-13/h2-4,7-8,14,17H,5-6,9-12H2,1H3,(H,18,20)(H,21,22). The SMILES string of the molecule is CN(CC(=O)O)CC(=O)NC(c1ccccc1)C1CCCC1. The number of likely N-dealkylation sites (N-methyl/N-ethyl adjacent to an activating group) is 1. The third kappa shape index (κ3) is 4.84. The summed E-state index contributed by atoms with van der Waals surface area (Å²) in [5.41, 5.74) is 1.13. The highest BCUT2D eigenvalue weighted by molar-refractivity contribution is 5.79. The number of benzene rings is 1. The van der Waals surface area contributed by atoms with Crippen molar-refractivity contribution in [1.82, 2.24) is 10.2 Å². The van der Waals surface area contributed by atoms with Crippen molar-refractivity contribution in [3.8, 4) is 0 Å². The predicted molar refractivity (Wildman–Crippen MR) is 84.4 cm³/mol. The Morgan fingerprint density at radius 3 is 2.45 bits per heavy atom. The summed E-state index contributed by atoms with van der Waals surface area (Å²) in [5, 5.41) is 11.9. The maximum Gasteiger partial charge on any atom is 0.317 e. The number of carbonyl (C=O) groups is 2. The van der Waals surface area contributed by atoms with Crippen molar-refractivity contribution >= 4 is 11.9 Å². The number of hydrogen-bond donors (Lipinski definition) is 2. The Balaban J connectivity index is 2.00. The molecule has 2 rings (SSSR count). The van der Waals surface area contributed by atoms with E-state index in [1.165, 1.54) is 17.7 Å². The summed E-state index contributed by atoms with van der Waals surface area (Å²) in [6.45, 7) is -0.0325. The molecule has 0 heterocycles. The third-order valence-corrected chi connectivity index (χ3v) is 4.17. The molecule has 2 N–H and O–H groups in total. The van der Waals surface area contributed by atoms with Gasteiger partial charge in [0, 0.05) is 0 Å². The van der Waals surface area contributed by atoms with Gasteiger partial charge in [0.05, 0.1) is 19.1 Å². The lowest BCUT2D eigenvalue weighted by molar-refractivity contribution is -0.138. The number of amides is 1. The molecule has 1 aromatic rings. The molecule has 120 valence electrons. The normalized spacial score (nSPS) is 16.6. The smallest absolute Gasteiger partial charge is 0.317 e. The van der Waals surface area contributed by atoms with Crippen LogP contribution in [0.25, 0.3) is 0 Å². The van der Waals surface area contributed by atoms with Gasteiger partial charge in [0.2, 0.25) is 5.91 Å². The number of aliphatic carboxylic acids is 1. The number of nitrogens with zero attached hydrogens (tertiary/aromatic N) is 1. The lowest BCUT2D eigenvalue weighted by Crippen LogP contribution is -2.40. The molecule has 1 saturated carbocycles. The molecule has 0 bridgehead atoms. The van der Waals surface area contributed by atoms with E-state index in [0.717, 1.165) is 18.4 Å². The van der Waals surface area contributed by atoms with E-state index in [1.54, 1.807) is 7.05 Å². The van der Waals surface area contributed by atoms with E-state index in [9.17, 15) is 9.59 Å². The van der Waals surface area contributed by atoms with E-state index >= 15 is 0 Å². The lowest BCUT2D eigenvalue weighted by Gasteiger charge is -2.26. The third-order valence-electron chi connectivity index (χ3n) is 4.17. The van der Waals surface area contributed by atoms with Crippen molar-refractivity contribution in [3.63, 3.8) is 0 Å². The van der Waals surface area contributed by atoms with Crippen LogP contribution in [0.5, 0.6) is 0 Å². The van der Waals surface area contributed by atoms with E-state index in [4.69, 9.17) is 5.11 Å². The Labute approximate surface area is 131 Å². The average molecular weight is 304 g/mol. The fraction of sp³-hybridized carbons (Fsp3) is 0.529. The van der Waals surface area contributed by atoms with Gasteiger partial charge in [-0.2, -0.15) is 0 Å². The number of hydrogen-bond acceptors (Lipinski definition) is 3. The summed E-state index contributed by atoms with van der Waals surface area (Å²) in [4.78, 5) is 24.4. The number of carboxylic acids is 1. The van der Waals surface area contributed by atoms with Crippen LogP contribution in [0.3, 0.4) is 0 Å². The van der Waals surface area contributed by atoms with Gasteiger partial charge < -0.3 is 10.4 Å². The van der Waals surface area contributed by atoms with Gasteiger partial charge in [-0.3, -0.25) is 14.5 Å². The second-order valence-electron chi connectivity index (χ2n) is 6.07. The maximum atomic E-state index is 12.2. The first kappa shape index (κ1) is 16.5. The largest absolute Gasteiger partial charge is 0.480 e. The van der Waals surface area contributed by atoms with Gasteiger partial charge in [-0.1, -0.05) is 43.2 Å². The number of nitrogens with one attached hydrogen (secondary N) is 1. The van der Waals surface area contributed by atoms with Crippen LogP contribution in [0.2, 0.25) is 0 Å². The molecule has 0 radical (unpaired) electrons. The van der Waals surface area contributed by atoms with Crippen molar-refractivity contribution in [1.29, 1.82) is 0 Å². The summed E-state index contributed by atoms with van der Waals surface area (Å²) >= 11 is 0. The molecule has 0 spiro atoms. The topological polar surface area (TPSA) is 69.6 Å². The van der Waals surface area contributed by atoms with E-state index in [-0.39, 0.29) is 25.0 Å². The summed E-state index contributed by atoms with van der Waals surface area (Å²) in [5.74, 6) is -0.577. The van der Waals surface area contributed by atoms with Gasteiger partial charge in [0.15, 0.2) is 0 Å². The highest BCUT2D eigenvalue weighted by atomic mass is 16.4. The minimum Gasteiger partial charge on any atom is -0.480 e. The minimum absolute atomic E-state index is 0.0226. The molecule has 1 fully saturated rings. The van der Waals surface area contributed by atoms with Gasteiger partial charge >= 0.3 is 5.97 Å². The van der Waals surface area contributed by atoms with Crippen molar-refractivity contribution in [2.75, 3.05) is 20.1 Å². The van der Waals surface area contributed by atoms with Crippen molar-refractivity contribution in [2.45, 2.75) is 31.7 Å². The second kappa shape index (κ2) is 7.94. The summed E-state index contributed by atoms with van der Waals surface area (Å²) in [7, 11) is 1.64. The number of carboxylic acid groups (broad SMARTS) is 1. The lowest BCUT2D eigenvalue weighted by atomic mass is 9.91. The Bertz CT molecular complexity index is 498. The molecule has 0 saturated heterocycles. The van der Waals surface area contributed by atoms with E-state index in [2.05, 4.69) is 5.32 Å². The first-order valence-electron chi connectivity index (χ1n) is 7.81. The average Bonchev–Trinajstić information content (AvgIpc) is 2.98. The van der Waals surface area contributed by atoms with Crippen molar-refractivity contribution in [3.05, 3.63) is 35.9 Å². The fourth-order valence-corrected chi connectivity index (χ4v) is 3.18. The molecule has 1 amide bonds. The highest BCUT2D eigenvalue weighted by Crippen LogP contribution is 2.35. The first-order chi connectivity index (χ1) is 10.6. The summed E-state index contributed by atoms with van der Waals surface area (Å²) < 4.78 is 0. The zero-order valence-corrected chi connectivity index (χ0v) is 13.0. The van der Waals surface area contributed by atoms with Crippen LogP contribution in [-0.4, -0.2) is 42.0 Å². The maximum absolute atomic E-state index is 12.2. The molecule has 1 unspecified atom stereocenters. The molecule has 5 nitrogen and oxygen atoms in total. The van der Waals surface area contributed by atoms with Crippen molar-refractivity contribution in [2.24, 2.45) is 5.92 Å². The molecule has 1 aliphatic carbocycles. The molecule has 0 aromatic heterocycles. The second-order valence-corrected chi connectivity index (χ2v) is 6.07. The van der Waals surface area contributed by atoms with Crippen LogP contribution in [-0.2, 0) is 9.59 Å². The van der Waals surface area contributed by atoms with E-state index < -0.39 is 5.97 Å². The van der Waals surface area contributed by atoms with Crippen LogP contribution in [0, 0.1) is 5.92 Å². The Morgan fingerprint density at radius 1 is 1.23 bits per heavy atom. The molecular formula is C17H24N2O3. The van der Waals surface area contributed by atoms with Gasteiger partial charge in [-0.15, -0.1) is 0 Å². The minimum atomic E-state index is -0.925. The van der Waals surface area contributed by atoms with Crippen LogP contribution in [0.15, 0.2) is 30.3 Å². The quantitative estimate of drug-likeness (QED) is 0.809. The number of rotatable bonds is 7. The van der Waals surface area contributed by atoms with Crippen LogP contribution in [0.1, 0.15) is 37.3 Å². The monoisotopic (exact) mass is 304 g/mol. The molecular weight excluding hydrogens is 280 g/mol. The molecule has 22 heavy (non-hydrogen) atoms. The van der Waals surface area contributed by atoms with Gasteiger partial charge in [-0.25, -0.2) is 0 Å². The zero-order valence-electron chi connectivity index (χ0n) is 13.0. The summed E-state index contributed by atoms with van der Waals surface area (Å²) in [6, 6.07) is 10.1. The van der Waals surface area contributed by atoms with Crippen LogP contribution in [0.4, 0.5) is 0 Å². The van der Waals surface area contributed by atoms with Crippen molar-refractivity contribution < 1.29 is 14.7 Å². The zero-order chi connectivity index (χ0) is 15.9. The fourth-order valence-electron chi connectivity index (χ4n) is 3.18. The molecule has 1 aliphatic rings. The van der Waals surface area contributed by atoms with Gasteiger partial charge in [-0.05, 0) is 31.4 Å². The van der Waals surface area contributed by atoms with E-state index in [1.807, 2.05) is 30.3 Å².